The fourth-order valence-electron chi connectivity index (χ4n) is 5.51. The summed E-state index contributed by atoms with van der Waals surface area (Å²) in [4.78, 5) is 29.1. The first-order chi connectivity index (χ1) is 22.7. The van der Waals surface area contributed by atoms with Gasteiger partial charge < -0.3 is 25.3 Å². The van der Waals surface area contributed by atoms with Gasteiger partial charge in [-0.25, -0.2) is 4.39 Å². The van der Waals surface area contributed by atoms with Crippen LogP contribution in [0.4, 0.5) is 15.8 Å². The third-order valence-electron chi connectivity index (χ3n) is 7.48. The number of hydrogen-bond acceptors (Lipinski definition) is 5. The quantitative estimate of drug-likeness (QED) is 0.0966. The molecule has 0 radical (unpaired) electrons. The molecular formula is C38H46FN5O3. The van der Waals surface area contributed by atoms with E-state index >= 15 is 0 Å². The van der Waals surface area contributed by atoms with Gasteiger partial charge in [0.25, 0.3) is 5.91 Å². The van der Waals surface area contributed by atoms with Crippen molar-refractivity contribution in [2.45, 2.75) is 71.9 Å². The predicted octanol–water partition coefficient (Wildman–Crippen LogP) is 8.88. The molecule has 5 rings (SSSR count). The van der Waals surface area contributed by atoms with Gasteiger partial charge in [-0.3, -0.25) is 14.6 Å². The molecule has 0 spiro atoms. The molecule has 2 heterocycles. The first-order valence-corrected chi connectivity index (χ1v) is 15.9. The summed E-state index contributed by atoms with van der Waals surface area (Å²) in [6, 6.07) is 25.7. The number of nitrogens with zero attached hydrogens (tertiary/aromatic N) is 2. The first kappa shape index (κ1) is 36.4. The van der Waals surface area contributed by atoms with Crippen molar-refractivity contribution in [2.75, 3.05) is 17.7 Å². The first-order valence-electron chi connectivity index (χ1n) is 15.9. The van der Waals surface area contributed by atoms with Crippen molar-refractivity contribution < 1.29 is 18.7 Å². The molecule has 1 aromatic heterocycles. The topological polar surface area (TPSA) is 109 Å². The number of benzene rings is 3. The van der Waals surface area contributed by atoms with Crippen LogP contribution >= 0.6 is 0 Å². The second-order valence-electron chi connectivity index (χ2n) is 11.3. The molecule has 0 bridgehead atoms. The van der Waals surface area contributed by atoms with Crippen molar-refractivity contribution in [3.8, 4) is 11.3 Å². The van der Waals surface area contributed by atoms with Crippen molar-refractivity contribution in [1.29, 1.82) is 5.41 Å². The second-order valence-corrected chi connectivity index (χ2v) is 11.3. The van der Waals surface area contributed by atoms with Gasteiger partial charge >= 0.3 is 5.97 Å². The predicted molar refractivity (Wildman–Crippen MR) is 190 cm³/mol. The molecule has 1 saturated heterocycles. The normalized spacial score (nSPS) is 13.9. The molecule has 4 aromatic rings. The van der Waals surface area contributed by atoms with Gasteiger partial charge in [0.2, 0.25) is 0 Å². The van der Waals surface area contributed by atoms with Crippen molar-refractivity contribution in [3.63, 3.8) is 0 Å². The smallest absolute Gasteiger partial charge is 0.306 e. The minimum absolute atomic E-state index is 0.0679. The Morgan fingerprint density at radius 1 is 1.04 bits per heavy atom. The van der Waals surface area contributed by atoms with E-state index in [1.807, 2.05) is 67.6 Å². The van der Waals surface area contributed by atoms with Crippen molar-refractivity contribution in [1.82, 2.24) is 4.57 Å². The summed E-state index contributed by atoms with van der Waals surface area (Å²) in [5, 5.41) is 12.1. The van der Waals surface area contributed by atoms with Crippen LogP contribution in [0.15, 0.2) is 89.9 Å². The van der Waals surface area contributed by atoms with Gasteiger partial charge in [-0.05, 0) is 98.5 Å². The maximum atomic E-state index is 13.7. The minimum Gasteiger partial charge on any atom is -0.462 e. The highest BCUT2D eigenvalue weighted by Crippen LogP contribution is 2.36. The molecule has 1 aliphatic heterocycles. The van der Waals surface area contributed by atoms with Crippen LogP contribution in [0.1, 0.15) is 74.0 Å². The van der Waals surface area contributed by atoms with Gasteiger partial charge in [0.05, 0.1) is 17.6 Å². The van der Waals surface area contributed by atoms with Crippen LogP contribution in [0.25, 0.3) is 11.3 Å². The summed E-state index contributed by atoms with van der Waals surface area (Å²) in [6.07, 6.45) is 5.59. The summed E-state index contributed by atoms with van der Waals surface area (Å²) in [5.41, 5.74) is 5.94. The van der Waals surface area contributed by atoms with Gasteiger partial charge in [0, 0.05) is 43.5 Å². The number of aromatic nitrogens is 1. The lowest BCUT2D eigenvalue weighted by atomic mass is 10.0. The van der Waals surface area contributed by atoms with E-state index in [1.54, 1.807) is 32.4 Å². The largest absolute Gasteiger partial charge is 0.462 e. The number of aliphatic imine (C=N–C) groups is 1. The van der Waals surface area contributed by atoms with Crippen LogP contribution in [-0.2, 0) is 16.1 Å². The van der Waals surface area contributed by atoms with E-state index in [9.17, 15) is 14.0 Å². The zero-order chi connectivity index (χ0) is 34.2. The number of amides is 1. The van der Waals surface area contributed by atoms with Gasteiger partial charge in [-0.2, -0.15) is 0 Å². The van der Waals surface area contributed by atoms with E-state index in [4.69, 9.17) is 10.1 Å². The summed E-state index contributed by atoms with van der Waals surface area (Å²) in [7, 11) is 1.73. The molecule has 248 valence electrons. The number of para-hydroxylation sites is 2. The zero-order valence-corrected chi connectivity index (χ0v) is 27.9. The lowest BCUT2D eigenvalue weighted by Crippen LogP contribution is -2.25. The van der Waals surface area contributed by atoms with Crippen LogP contribution in [0.2, 0.25) is 0 Å². The van der Waals surface area contributed by atoms with Gasteiger partial charge in [-0.1, -0.05) is 50.2 Å². The Morgan fingerprint density at radius 2 is 1.64 bits per heavy atom. The van der Waals surface area contributed by atoms with Crippen molar-refractivity contribution in [2.24, 2.45) is 4.99 Å². The summed E-state index contributed by atoms with van der Waals surface area (Å²) in [6.45, 7) is 8.35. The summed E-state index contributed by atoms with van der Waals surface area (Å²) >= 11 is 0. The molecule has 1 aliphatic rings. The maximum absolute atomic E-state index is 13.7. The molecule has 1 fully saturated rings. The monoisotopic (exact) mass is 639 g/mol. The Labute approximate surface area is 277 Å². The van der Waals surface area contributed by atoms with E-state index < -0.39 is 0 Å². The van der Waals surface area contributed by atoms with Crippen LogP contribution < -0.4 is 10.6 Å². The molecule has 3 aromatic carbocycles. The number of halogens is 1. The van der Waals surface area contributed by atoms with Crippen molar-refractivity contribution >= 4 is 35.8 Å². The Balaban J connectivity index is 0.000000387. The molecule has 0 aliphatic carbocycles. The average Bonchev–Trinajstić information content (AvgIpc) is 3.37. The van der Waals surface area contributed by atoms with Crippen molar-refractivity contribution in [3.05, 3.63) is 108 Å². The Bertz CT molecular complexity index is 1600. The maximum Gasteiger partial charge on any atom is 0.306 e. The molecule has 3 N–H and O–H groups in total. The van der Waals surface area contributed by atoms with Gasteiger partial charge in [0.15, 0.2) is 0 Å². The molecule has 0 unspecified atom stereocenters. The number of rotatable bonds is 9. The summed E-state index contributed by atoms with van der Waals surface area (Å²) in [5.74, 6) is -0.553. The molecule has 0 saturated carbocycles. The Hall–Kier alpha value is -5.05. The molecule has 1 atom stereocenters. The number of nitrogens with one attached hydrogen (secondary N) is 3. The number of esters is 1. The highest BCUT2D eigenvalue weighted by atomic mass is 19.1. The van der Waals surface area contributed by atoms with Crippen LogP contribution in [-0.4, -0.2) is 42.1 Å². The number of cyclic esters (lactones) is 1. The molecule has 47 heavy (non-hydrogen) atoms. The van der Waals surface area contributed by atoms with Gasteiger partial charge in [0.1, 0.15) is 11.9 Å². The Morgan fingerprint density at radius 3 is 2.19 bits per heavy atom. The minimum atomic E-state index is -0.306. The molecule has 8 nitrogen and oxygen atoms in total. The highest BCUT2D eigenvalue weighted by Gasteiger charge is 2.29. The highest BCUT2D eigenvalue weighted by molar-refractivity contribution is 6.07. The van der Waals surface area contributed by atoms with Gasteiger partial charge in [-0.15, -0.1) is 0 Å². The number of hydrogen-bond donors (Lipinski definition) is 3. The number of carbonyl (C=O) groups is 2. The van der Waals surface area contributed by atoms with E-state index in [0.717, 1.165) is 46.7 Å². The number of carbonyl (C=O) groups excluding carboxylic acids is 2. The van der Waals surface area contributed by atoms with E-state index in [2.05, 4.69) is 34.0 Å². The van der Waals surface area contributed by atoms with Crippen LogP contribution in [0, 0.1) is 18.2 Å². The Kier molecular flexibility index (Phi) is 14.6. The molecular weight excluding hydrogens is 593 g/mol. The van der Waals surface area contributed by atoms with E-state index in [-0.39, 0.29) is 29.7 Å². The molecule has 9 heteroatoms. The number of ether oxygens (including phenoxy) is 1. The average molecular weight is 640 g/mol. The second kappa shape index (κ2) is 18.8. The lowest BCUT2D eigenvalue weighted by Gasteiger charge is -2.24. The van der Waals surface area contributed by atoms with E-state index in [1.165, 1.54) is 18.3 Å². The summed E-state index contributed by atoms with van der Waals surface area (Å²) < 4.78 is 21.4. The SMILES string of the molecule is CC=N.CN=CNc1ccccc1.Cc1c(C(=O)Nc2ccccc2)c(C(C)C)n(CC[C@@H]2CCCC(=O)O2)c1-c1ccc(F)cc1. The van der Waals surface area contributed by atoms with Crippen LogP contribution in [0.5, 0.6) is 0 Å². The van der Waals surface area contributed by atoms with E-state index in [0.29, 0.717) is 24.9 Å². The third-order valence-corrected chi connectivity index (χ3v) is 7.48. The molecule has 1 amide bonds. The third kappa shape index (κ3) is 10.8. The fourth-order valence-corrected chi connectivity index (χ4v) is 5.51. The standard InChI is InChI=1S/C28H31FN2O3.C8H10N2.C2H5N/c1-18(2)26-25(28(33)30-22-8-5-4-6-9-22)19(3)27(20-12-14-21(29)15-13-20)31(26)17-16-23-10-7-11-24(32)34-23;1-9-7-10-8-5-3-2-4-6-8;1-2-3/h4-6,8-9,12-15,18,23H,7,10-11,16-17H2,1-3H3,(H,30,33);2-7H,1H3,(H,9,10);2-3H,1H3/t23-;;/m0../s1. The zero-order valence-electron chi connectivity index (χ0n) is 27.9. The fraction of sp³-hybridized carbons (Fsp3) is 0.316. The van der Waals surface area contributed by atoms with Crippen LogP contribution in [0.3, 0.4) is 0 Å². The lowest BCUT2D eigenvalue weighted by molar-refractivity contribution is -0.154. The number of anilines is 2.